The van der Waals surface area contributed by atoms with Gasteiger partial charge in [-0.3, -0.25) is 4.79 Å². The number of benzene rings is 2. The van der Waals surface area contributed by atoms with Crippen molar-refractivity contribution in [2.24, 2.45) is 0 Å². The maximum absolute atomic E-state index is 12.2. The monoisotopic (exact) mass is 381 g/mol. The lowest BCUT2D eigenvalue weighted by molar-refractivity contribution is -0.145. The van der Waals surface area contributed by atoms with Crippen LogP contribution in [0.5, 0.6) is 5.75 Å². The minimum absolute atomic E-state index is 0.0480. The number of esters is 1. The van der Waals surface area contributed by atoms with Gasteiger partial charge in [0.1, 0.15) is 5.75 Å². The number of hydrogen-bond donors (Lipinski definition) is 1. The fraction of sp³-hybridized carbons (Fsp3) is 0.222. The molecule has 0 unspecified atom stereocenters. The summed E-state index contributed by atoms with van der Waals surface area (Å²) in [5, 5.41) is 3.62. The Kier molecular flexibility index (Phi) is 7.10. The summed E-state index contributed by atoms with van der Waals surface area (Å²) in [6.45, 7) is 1.82. The fourth-order valence-electron chi connectivity index (χ4n) is 2.08. The van der Waals surface area contributed by atoms with Crippen LogP contribution in [-0.2, 0) is 20.7 Å². The van der Waals surface area contributed by atoms with Gasteiger partial charge in [0.05, 0.1) is 13.0 Å². The van der Waals surface area contributed by atoms with E-state index in [2.05, 4.69) is 5.32 Å². The molecule has 1 amide bonds. The lowest BCUT2D eigenvalue weighted by Gasteiger charge is -2.10. The van der Waals surface area contributed by atoms with Crippen molar-refractivity contribution in [2.45, 2.75) is 13.3 Å². The molecule has 1 N–H and O–H groups in total. The molecule has 2 rings (SSSR count). The summed E-state index contributed by atoms with van der Waals surface area (Å²) < 4.78 is 10.1. The quantitative estimate of drug-likeness (QED) is 0.732. The number of carbonyl (C=O) groups is 2. The molecule has 5 nitrogen and oxygen atoms in total. The van der Waals surface area contributed by atoms with E-state index in [1.807, 2.05) is 0 Å². The van der Waals surface area contributed by atoms with Crippen molar-refractivity contribution in [1.82, 2.24) is 0 Å². The maximum Gasteiger partial charge on any atom is 0.344 e. The Hall–Kier alpha value is -2.24. The molecular formula is C18H17Cl2NO4. The molecule has 132 valence electrons. The van der Waals surface area contributed by atoms with E-state index in [0.29, 0.717) is 33.7 Å². The Morgan fingerprint density at radius 2 is 1.76 bits per heavy atom. The zero-order valence-corrected chi connectivity index (χ0v) is 15.1. The van der Waals surface area contributed by atoms with Gasteiger partial charge in [-0.05, 0) is 36.8 Å². The van der Waals surface area contributed by atoms with E-state index in [1.165, 1.54) is 0 Å². The van der Waals surface area contributed by atoms with Crippen LogP contribution in [0.3, 0.4) is 0 Å². The van der Waals surface area contributed by atoms with Crippen molar-refractivity contribution in [2.75, 3.05) is 18.5 Å². The van der Waals surface area contributed by atoms with Crippen molar-refractivity contribution in [3.8, 4) is 5.75 Å². The molecule has 0 bridgehead atoms. The number of rotatable bonds is 7. The smallest absolute Gasteiger partial charge is 0.344 e. The SMILES string of the molecule is CCOC(=O)COc1cccc(NC(=O)Cc2c(Cl)cccc2Cl)c1. The van der Waals surface area contributed by atoms with Crippen LogP contribution in [0.1, 0.15) is 12.5 Å². The third kappa shape index (κ3) is 5.96. The molecule has 7 heteroatoms. The molecule has 0 spiro atoms. The Balaban J connectivity index is 1.97. The maximum atomic E-state index is 12.2. The molecule has 0 saturated carbocycles. The molecule has 0 aliphatic heterocycles. The van der Waals surface area contributed by atoms with Gasteiger partial charge in [0, 0.05) is 21.8 Å². The van der Waals surface area contributed by atoms with Crippen LogP contribution in [0.15, 0.2) is 42.5 Å². The average Bonchev–Trinajstić information content (AvgIpc) is 2.57. The summed E-state index contributed by atoms with van der Waals surface area (Å²) in [6, 6.07) is 11.8. The minimum Gasteiger partial charge on any atom is -0.482 e. The first-order chi connectivity index (χ1) is 12.0. The molecule has 2 aromatic carbocycles. The molecule has 0 aromatic heterocycles. The van der Waals surface area contributed by atoms with E-state index in [9.17, 15) is 9.59 Å². The van der Waals surface area contributed by atoms with E-state index in [4.69, 9.17) is 32.7 Å². The predicted molar refractivity (Wildman–Crippen MR) is 97.4 cm³/mol. The molecular weight excluding hydrogens is 365 g/mol. The van der Waals surface area contributed by atoms with Crippen LogP contribution < -0.4 is 10.1 Å². The van der Waals surface area contributed by atoms with Crippen LogP contribution in [0.2, 0.25) is 10.0 Å². The second-order valence-electron chi connectivity index (χ2n) is 5.05. The first kappa shape index (κ1) is 19.1. The van der Waals surface area contributed by atoms with Gasteiger partial charge in [-0.1, -0.05) is 35.3 Å². The molecule has 0 aliphatic rings. The molecule has 0 radical (unpaired) electrons. The fourth-order valence-corrected chi connectivity index (χ4v) is 2.61. The molecule has 25 heavy (non-hydrogen) atoms. The number of hydrogen-bond acceptors (Lipinski definition) is 4. The largest absolute Gasteiger partial charge is 0.482 e. The van der Waals surface area contributed by atoms with Crippen molar-refractivity contribution in [3.63, 3.8) is 0 Å². The van der Waals surface area contributed by atoms with Gasteiger partial charge < -0.3 is 14.8 Å². The second-order valence-corrected chi connectivity index (χ2v) is 5.86. The summed E-state index contributed by atoms with van der Waals surface area (Å²) in [4.78, 5) is 23.5. The molecule has 2 aromatic rings. The average molecular weight is 382 g/mol. The highest BCUT2D eigenvalue weighted by Gasteiger charge is 2.11. The number of nitrogens with one attached hydrogen (secondary N) is 1. The second kappa shape index (κ2) is 9.30. The van der Waals surface area contributed by atoms with Crippen LogP contribution >= 0.6 is 23.2 Å². The standard InChI is InChI=1S/C18H17Cl2NO4/c1-2-24-18(23)11-25-13-6-3-5-12(9-13)21-17(22)10-14-15(19)7-4-8-16(14)20/h3-9H,2,10-11H2,1H3,(H,21,22). The molecule has 0 saturated heterocycles. The van der Waals surface area contributed by atoms with Gasteiger partial charge in [0.15, 0.2) is 6.61 Å². The summed E-state index contributed by atoms with van der Waals surface area (Å²) in [5.74, 6) is -0.274. The summed E-state index contributed by atoms with van der Waals surface area (Å²) in [6.07, 6.45) is 0.0480. The Bertz CT molecular complexity index is 744. The van der Waals surface area contributed by atoms with Gasteiger partial charge >= 0.3 is 5.97 Å². The molecule has 0 fully saturated rings. The molecule has 0 aliphatic carbocycles. The van der Waals surface area contributed by atoms with Crippen LogP contribution in [-0.4, -0.2) is 25.1 Å². The minimum atomic E-state index is -0.453. The van der Waals surface area contributed by atoms with E-state index in [0.717, 1.165) is 0 Å². The Labute approximate surface area is 155 Å². The summed E-state index contributed by atoms with van der Waals surface area (Å²) in [5.41, 5.74) is 1.10. The zero-order valence-electron chi connectivity index (χ0n) is 13.6. The summed E-state index contributed by atoms with van der Waals surface area (Å²) >= 11 is 12.1. The van der Waals surface area contributed by atoms with Gasteiger partial charge in [0.25, 0.3) is 0 Å². The lowest BCUT2D eigenvalue weighted by atomic mass is 10.1. The highest BCUT2D eigenvalue weighted by Crippen LogP contribution is 2.25. The number of amides is 1. The van der Waals surface area contributed by atoms with Crippen molar-refractivity contribution in [1.29, 1.82) is 0 Å². The third-order valence-corrected chi connectivity index (χ3v) is 3.89. The van der Waals surface area contributed by atoms with Gasteiger partial charge in [-0.25, -0.2) is 4.79 Å². The van der Waals surface area contributed by atoms with Gasteiger partial charge in [-0.15, -0.1) is 0 Å². The highest BCUT2D eigenvalue weighted by molar-refractivity contribution is 6.36. The summed E-state index contributed by atoms with van der Waals surface area (Å²) in [7, 11) is 0. The van der Waals surface area contributed by atoms with E-state index < -0.39 is 5.97 Å². The number of halogens is 2. The van der Waals surface area contributed by atoms with Gasteiger partial charge in [0.2, 0.25) is 5.91 Å². The van der Waals surface area contributed by atoms with Crippen LogP contribution in [0, 0.1) is 0 Å². The van der Waals surface area contributed by atoms with Crippen molar-refractivity contribution < 1.29 is 19.1 Å². The van der Waals surface area contributed by atoms with Crippen molar-refractivity contribution in [3.05, 3.63) is 58.1 Å². The topological polar surface area (TPSA) is 64.6 Å². The number of ether oxygens (including phenoxy) is 2. The van der Waals surface area contributed by atoms with E-state index in [1.54, 1.807) is 49.4 Å². The van der Waals surface area contributed by atoms with E-state index >= 15 is 0 Å². The first-order valence-electron chi connectivity index (χ1n) is 7.60. The lowest BCUT2D eigenvalue weighted by Crippen LogP contribution is -2.16. The Morgan fingerprint density at radius 3 is 2.44 bits per heavy atom. The van der Waals surface area contributed by atoms with E-state index in [-0.39, 0.29) is 18.9 Å². The highest BCUT2D eigenvalue weighted by atomic mass is 35.5. The first-order valence-corrected chi connectivity index (χ1v) is 8.36. The Morgan fingerprint density at radius 1 is 1.08 bits per heavy atom. The van der Waals surface area contributed by atoms with Crippen LogP contribution in [0.4, 0.5) is 5.69 Å². The number of anilines is 1. The zero-order chi connectivity index (χ0) is 18.2. The number of carbonyl (C=O) groups excluding carboxylic acids is 2. The third-order valence-electron chi connectivity index (χ3n) is 3.18. The van der Waals surface area contributed by atoms with Gasteiger partial charge in [-0.2, -0.15) is 0 Å². The van der Waals surface area contributed by atoms with Crippen LogP contribution in [0.25, 0.3) is 0 Å². The molecule has 0 heterocycles. The normalized spacial score (nSPS) is 10.2. The molecule has 0 atom stereocenters. The predicted octanol–water partition coefficient (Wildman–Crippen LogP) is 4.12. The van der Waals surface area contributed by atoms with Crippen molar-refractivity contribution >= 4 is 40.8 Å².